The zero-order chi connectivity index (χ0) is 15.8. The van der Waals surface area contributed by atoms with Gasteiger partial charge in [-0.3, -0.25) is 4.68 Å². The lowest BCUT2D eigenvalue weighted by Crippen LogP contribution is -2.45. The summed E-state index contributed by atoms with van der Waals surface area (Å²) in [6.45, 7) is 7.27. The summed E-state index contributed by atoms with van der Waals surface area (Å²) in [7, 11) is 0. The van der Waals surface area contributed by atoms with Crippen molar-refractivity contribution in [2.24, 2.45) is 0 Å². The average Bonchev–Trinajstić information content (AvgIpc) is 3.14. The number of anilines is 1. The van der Waals surface area contributed by atoms with Crippen molar-refractivity contribution in [3.05, 3.63) is 35.2 Å². The molecule has 1 atom stereocenters. The molecule has 23 heavy (non-hydrogen) atoms. The molecule has 0 aliphatic carbocycles. The SMILES string of the molecule is Cc1cc(C)n(CC2CN(c3ncnc4ccsc34)CCO2)n1. The molecule has 6 nitrogen and oxygen atoms in total. The lowest BCUT2D eigenvalue weighted by Gasteiger charge is -2.34. The minimum Gasteiger partial charge on any atom is -0.373 e. The molecule has 0 bridgehead atoms. The van der Waals surface area contributed by atoms with Gasteiger partial charge in [0, 0.05) is 18.8 Å². The van der Waals surface area contributed by atoms with Crippen molar-refractivity contribution in [2.45, 2.75) is 26.5 Å². The van der Waals surface area contributed by atoms with Gasteiger partial charge >= 0.3 is 0 Å². The topological polar surface area (TPSA) is 56.1 Å². The maximum absolute atomic E-state index is 5.95. The zero-order valence-corrected chi connectivity index (χ0v) is 14.1. The van der Waals surface area contributed by atoms with E-state index in [1.165, 1.54) is 5.69 Å². The minimum atomic E-state index is 0.117. The van der Waals surface area contributed by atoms with E-state index in [0.29, 0.717) is 6.61 Å². The Morgan fingerprint density at radius 3 is 3.09 bits per heavy atom. The Morgan fingerprint density at radius 2 is 2.26 bits per heavy atom. The smallest absolute Gasteiger partial charge is 0.150 e. The van der Waals surface area contributed by atoms with Crippen molar-refractivity contribution in [3.8, 4) is 0 Å². The first kappa shape index (κ1) is 14.6. The van der Waals surface area contributed by atoms with Gasteiger partial charge in [-0.05, 0) is 31.4 Å². The maximum Gasteiger partial charge on any atom is 0.150 e. The number of nitrogens with zero attached hydrogens (tertiary/aromatic N) is 5. The Hall–Kier alpha value is -1.99. The Balaban J connectivity index is 1.55. The van der Waals surface area contributed by atoms with E-state index in [2.05, 4.69) is 38.3 Å². The van der Waals surface area contributed by atoms with Crippen LogP contribution in [0.2, 0.25) is 0 Å². The fraction of sp³-hybridized carbons (Fsp3) is 0.438. The second-order valence-electron chi connectivity index (χ2n) is 5.88. The molecule has 1 unspecified atom stereocenters. The van der Waals surface area contributed by atoms with Crippen molar-refractivity contribution in [1.82, 2.24) is 19.7 Å². The Labute approximate surface area is 138 Å². The van der Waals surface area contributed by atoms with Gasteiger partial charge in [-0.2, -0.15) is 5.10 Å². The summed E-state index contributed by atoms with van der Waals surface area (Å²) in [4.78, 5) is 11.1. The molecule has 4 heterocycles. The number of aromatic nitrogens is 4. The summed E-state index contributed by atoms with van der Waals surface area (Å²) in [5.74, 6) is 1.02. The van der Waals surface area contributed by atoms with E-state index in [9.17, 15) is 0 Å². The first-order valence-electron chi connectivity index (χ1n) is 7.76. The van der Waals surface area contributed by atoms with Crippen LogP contribution in [0.5, 0.6) is 0 Å². The lowest BCUT2D eigenvalue weighted by molar-refractivity contribution is 0.0268. The predicted octanol–water partition coefficient (Wildman–Crippen LogP) is 2.41. The second kappa shape index (κ2) is 5.90. The standard InChI is InChI=1S/C16H19N5OS/c1-11-7-12(2)21(19-11)9-13-8-20(4-5-22-13)16-15-14(3-6-23-15)17-10-18-16/h3,6-7,10,13H,4-5,8-9H2,1-2H3. The van der Waals surface area contributed by atoms with Gasteiger partial charge in [0.05, 0.1) is 35.2 Å². The van der Waals surface area contributed by atoms with Crippen LogP contribution in [0.15, 0.2) is 23.8 Å². The molecule has 1 aliphatic rings. The minimum absolute atomic E-state index is 0.117. The quantitative estimate of drug-likeness (QED) is 0.738. The third kappa shape index (κ3) is 2.82. The number of aryl methyl sites for hydroxylation is 2. The largest absolute Gasteiger partial charge is 0.373 e. The fourth-order valence-electron chi connectivity index (χ4n) is 3.08. The van der Waals surface area contributed by atoms with E-state index in [1.54, 1.807) is 17.7 Å². The highest BCUT2D eigenvalue weighted by atomic mass is 32.1. The van der Waals surface area contributed by atoms with Crippen LogP contribution in [0.3, 0.4) is 0 Å². The predicted molar refractivity (Wildman–Crippen MR) is 91.1 cm³/mol. The van der Waals surface area contributed by atoms with Gasteiger partial charge in [-0.1, -0.05) is 0 Å². The molecule has 3 aromatic rings. The summed E-state index contributed by atoms with van der Waals surface area (Å²) < 4.78 is 9.13. The Bertz CT molecular complexity index is 827. The van der Waals surface area contributed by atoms with E-state index in [1.807, 2.05) is 17.7 Å². The van der Waals surface area contributed by atoms with Gasteiger partial charge in [-0.25, -0.2) is 9.97 Å². The molecule has 0 aromatic carbocycles. The molecule has 0 N–H and O–H groups in total. The molecule has 1 fully saturated rings. The van der Waals surface area contributed by atoms with E-state index < -0.39 is 0 Å². The Kier molecular flexibility index (Phi) is 3.74. The molecular weight excluding hydrogens is 310 g/mol. The first-order valence-corrected chi connectivity index (χ1v) is 8.64. The zero-order valence-electron chi connectivity index (χ0n) is 13.3. The van der Waals surface area contributed by atoms with Crippen LogP contribution in [-0.2, 0) is 11.3 Å². The number of rotatable bonds is 3. The average molecular weight is 329 g/mol. The van der Waals surface area contributed by atoms with Crippen molar-refractivity contribution < 1.29 is 4.74 Å². The van der Waals surface area contributed by atoms with Gasteiger partial charge in [0.25, 0.3) is 0 Å². The number of morpholine rings is 1. The van der Waals surface area contributed by atoms with Crippen LogP contribution in [0.1, 0.15) is 11.4 Å². The number of hydrogen-bond acceptors (Lipinski definition) is 6. The van der Waals surface area contributed by atoms with Gasteiger partial charge in [0.2, 0.25) is 0 Å². The number of ether oxygens (including phenoxy) is 1. The summed E-state index contributed by atoms with van der Waals surface area (Å²) in [5.41, 5.74) is 3.23. The molecule has 3 aromatic heterocycles. The molecular formula is C16H19N5OS. The molecule has 4 rings (SSSR count). The molecule has 1 saturated heterocycles. The van der Waals surface area contributed by atoms with Crippen molar-refractivity contribution in [3.63, 3.8) is 0 Å². The van der Waals surface area contributed by atoms with Crippen LogP contribution >= 0.6 is 11.3 Å². The number of fused-ring (bicyclic) bond motifs is 1. The third-order valence-corrected chi connectivity index (χ3v) is 5.04. The summed E-state index contributed by atoms with van der Waals surface area (Å²) >= 11 is 1.69. The normalized spacial score (nSPS) is 18.7. The van der Waals surface area contributed by atoms with E-state index in [-0.39, 0.29) is 6.10 Å². The molecule has 0 amide bonds. The second-order valence-corrected chi connectivity index (χ2v) is 6.80. The van der Waals surface area contributed by atoms with Gasteiger partial charge in [0.1, 0.15) is 12.1 Å². The molecule has 1 aliphatic heterocycles. The number of thiophene rings is 1. The highest BCUT2D eigenvalue weighted by Gasteiger charge is 2.24. The third-order valence-electron chi connectivity index (χ3n) is 4.14. The van der Waals surface area contributed by atoms with Crippen LogP contribution in [0.4, 0.5) is 5.82 Å². The monoisotopic (exact) mass is 329 g/mol. The van der Waals surface area contributed by atoms with Gasteiger partial charge in [-0.15, -0.1) is 11.3 Å². The van der Waals surface area contributed by atoms with Crippen LogP contribution in [0, 0.1) is 13.8 Å². The van der Waals surface area contributed by atoms with E-state index in [4.69, 9.17) is 4.74 Å². The van der Waals surface area contributed by atoms with Gasteiger partial charge < -0.3 is 9.64 Å². The van der Waals surface area contributed by atoms with E-state index in [0.717, 1.165) is 41.4 Å². The summed E-state index contributed by atoms with van der Waals surface area (Å²) in [5, 5.41) is 6.60. The van der Waals surface area contributed by atoms with Crippen molar-refractivity contribution in [2.75, 3.05) is 24.6 Å². The molecule has 0 spiro atoms. The van der Waals surface area contributed by atoms with Crippen molar-refractivity contribution in [1.29, 1.82) is 0 Å². The molecule has 0 saturated carbocycles. The molecule has 7 heteroatoms. The highest BCUT2D eigenvalue weighted by molar-refractivity contribution is 7.17. The lowest BCUT2D eigenvalue weighted by atomic mass is 10.2. The first-order chi connectivity index (χ1) is 11.2. The van der Waals surface area contributed by atoms with E-state index >= 15 is 0 Å². The maximum atomic E-state index is 5.95. The Morgan fingerprint density at radius 1 is 1.35 bits per heavy atom. The summed E-state index contributed by atoms with van der Waals surface area (Å²) in [6, 6.07) is 4.14. The van der Waals surface area contributed by atoms with Crippen LogP contribution in [0.25, 0.3) is 10.2 Å². The molecule has 0 radical (unpaired) electrons. The van der Waals surface area contributed by atoms with Crippen molar-refractivity contribution >= 4 is 27.4 Å². The highest BCUT2D eigenvalue weighted by Crippen LogP contribution is 2.29. The fourth-order valence-corrected chi connectivity index (χ4v) is 3.94. The van der Waals surface area contributed by atoms with Crippen LogP contribution < -0.4 is 4.90 Å². The van der Waals surface area contributed by atoms with Gasteiger partial charge in [0.15, 0.2) is 0 Å². The molecule has 120 valence electrons. The number of hydrogen-bond donors (Lipinski definition) is 0. The summed E-state index contributed by atoms with van der Waals surface area (Å²) in [6.07, 6.45) is 1.77. The van der Waals surface area contributed by atoms with Crippen LogP contribution in [-0.4, -0.2) is 45.5 Å².